The van der Waals surface area contributed by atoms with Gasteiger partial charge < -0.3 is 9.88 Å². The molecule has 167 valence electrons. The van der Waals surface area contributed by atoms with Crippen molar-refractivity contribution < 1.29 is 9.18 Å². The molecule has 0 saturated carbocycles. The number of likely N-dealkylation sites (tertiary alicyclic amines) is 2. The standard InChI is InChI=1S/C24H23FN7O/c25-18-3-1-2-16(10-18)24(33)30-8-5-19(6-9-30)31-13-20(14-31)32-12-17(11-29-32)22-21-4-7-26-23(21)28-15-27-22/h1-4,7,10-12,15,19H,5-6,8-9,13-14H2,(H,26,27,28). The highest BCUT2D eigenvalue weighted by Gasteiger charge is 2.37. The fraction of sp³-hybridized carbons (Fsp3) is 0.292. The summed E-state index contributed by atoms with van der Waals surface area (Å²) >= 11 is 0. The fourth-order valence-corrected chi connectivity index (χ4v) is 4.78. The van der Waals surface area contributed by atoms with Crippen molar-refractivity contribution >= 4 is 16.9 Å². The van der Waals surface area contributed by atoms with E-state index in [0.29, 0.717) is 24.7 Å². The van der Waals surface area contributed by atoms with Crippen molar-refractivity contribution in [1.29, 1.82) is 0 Å². The second-order valence-corrected chi connectivity index (χ2v) is 8.64. The predicted molar refractivity (Wildman–Crippen MR) is 121 cm³/mol. The van der Waals surface area contributed by atoms with Gasteiger partial charge in [-0.1, -0.05) is 6.07 Å². The van der Waals surface area contributed by atoms with Crippen molar-refractivity contribution in [3.05, 3.63) is 72.7 Å². The summed E-state index contributed by atoms with van der Waals surface area (Å²) in [5, 5.41) is 5.54. The maximum Gasteiger partial charge on any atom is 0.253 e. The van der Waals surface area contributed by atoms with E-state index in [4.69, 9.17) is 0 Å². The lowest BCUT2D eigenvalue weighted by molar-refractivity contribution is 0.0514. The maximum absolute atomic E-state index is 13.5. The highest BCUT2D eigenvalue weighted by Crippen LogP contribution is 2.30. The molecule has 1 amide bonds. The molecule has 8 nitrogen and oxygen atoms in total. The van der Waals surface area contributed by atoms with Crippen LogP contribution in [-0.4, -0.2) is 72.7 Å². The van der Waals surface area contributed by atoms with Gasteiger partial charge in [0.05, 0.1) is 11.9 Å². The maximum atomic E-state index is 13.5. The molecule has 0 unspecified atom stereocenters. The normalized spacial score (nSPS) is 18.0. The summed E-state index contributed by atoms with van der Waals surface area (Å²) in [6.07, 6.45) is 9.15. The van der Waals surface area contributed by atoms with Crippen molar-refractivity contribution in [1.82, 2.24) is 34.5 Å². The molecule has 5 heterocycles. The third-order valence-electron chi connectivity index (χ3n) is 6.64. The second-order valence-electron chi connectivity index (χ2n) is 8.64. The van der Waals surface area contributed by atoms with E-state index in [1.165, 1.54) is 18.2 Å². The lowest BCUT2D eigenvalue weighted by Gasteiger charge is -2.46. The molecule has 9 heteroatoms. The molecule has 0 atom stereocenters. The van der Waals surface area contributed by atoms with Crippen molar-refractivity contribution in [2.45, 2.75) is 18.9 Å². The molecular formula is C24H23FN7O. The van der Waals surface area contributed by atoms with Gasteiger partial charge in [0.1, 0.15) is 23.8 Å². The number of carbonyl (C=O) groups is 1. The molecule has 2 aliphatic heterocycles. The molecule has 1 radical (unpaired) electrons. The van der Waals surface area contributed by atoms with Crippen LogP contribution in [0, 0.1) is 11.9 Å². The lowest BCUT2D eigenvalue weighted by Crippen LogP contribution is -2.56. The van der Waals surface area contributed by atoms with Crippen molar-refractivity contribution in [3.8, 4) is 11.3 Å². The van der Waals surface area contributed by atoms with Crippen LogP contribution in [0.15, 0.2) is 55.2 Å². The number of piperidine rings is 1. The minimum absolute atomic E-state index is 0.0888. The molecule has 33 heavy (non-hydrogen) atoms. The SMILES string of the molecule is O=C(c1cccc(F)c1)N1CCC(N2C[C](n3cc(-c4ncnc5[nH]ccc45)cn3)C2)CC1. The van der Waals surface area contributed by atoms with Gasteiger partial charge in [0.15, 0.2) is 0 Å². The third-order valence-corrected chi connectivity index (χ3v) is 6.64. The number of hydrogen-bond donors (Lipinski definition) is 1. The van der Waals surface area contributed by atoms with Crippen LogP contribution < -0.4 is 0 Å². The molecule has 2 aliphatic rings. The number of nitrogens with one attached hydrogen (secondary N) is 1. The number of aromatic amines is 1. The first kappa shape index (κ1) is 20.0. The van der Waals surface area contributed by atoms with Gasteiger partial charge >= 0.3 is 0 Å². The Morgan fingerprint density at radius 1 is 1.12 bits per heavy atom. The van der Waals surface area contributed by atoms with Crippen LogP contribution in [0.1, 0.15) is 23.2 Å². The Morgan fingerprint density at radius 3 is 2.79 bits per heavy atom. The summed E-state index contributed by atoms with van der Waals surface area (Å²) in [6, 6.07) is 9.60. The number of hydrogen-bond acceptors (Lipinski definition) is 5. The number of carbonyl (C=O) groups excluding carboxylic acids is 1. The monoisotopic (exact) mass is 444 g/mol. The van der Waals surface area contributed by atoms with E-state index in [1.807, 2.05) is 34.2 Å². The Morgan fingerprint density at radius 2 is 1.97 bits per heavy atom. The Balaban J connectivity index is 1.05. The van der Waals surface area contributed by atoms with Gasteiger partial charge in [-0.2, -0.15) is 5.10 Å². The number of amides is 1. The van der Waals surface area contributed by atoms with Gasteiger partial charge in [0, 0.05) is 61.1 Å². The summed E-state index contributed by atoms with van der Waals surface area (Å²) in [5.74, 6) is -0.465. The molecular weight excluding hydrogens is 421 g/mol. The zero-order valence-corrected chi connectivity index (χ0v) is 18.0. The van der Waals surface area contributed by atoms with Gasteiger partial charge in [-0.25, -0.2) is 14.4 Å². The lowest BCUT2D eigenvalue weighted by atomic mass is 9.97. The first-order valence-corrected chi connectivity index (χ1v) is 11.1. The van der Waals surface area contributed by atoms with E-state index in [0.717, 1.165) is 48.2 Å². The molecule has 1 aromatic carbocycles. The number of benzene rings is 1. The Hall–Kier alpha value is -3.59. The highest BCUT2D eigenvalue weighted by atomic mass is 19.1. The van der Waals surface area contributed by atoms with Crippen molar-refractivity contribution in [3.63, 3.8) is 0 Å². The van der Waals surface area contributed by atoms with Gasteiger partial charge in [0.2, 0.25) is 0 Å². The Bertz CT molecular complexity index is 1300. The molecule has 2 saturated heterocycles. The molecule has 1 N–H and O–H groups in total. The van der Waals surface area contributed by atoms with E-state index in [2.05, 4.69) is 25.0 Å². The third kappa shape index (κ3) is 3.68. The Kier molecular flexibility index (Phi) is 4.91. The van der Waals surface area contributed by atoms with Crippen LogP contribution >= 0.6 is 0 Å². The van der Waals surface area contributed by atoms with Gasteiger partial charge in [-0.3, -0.25) is 14.4 Å². The largest absolute Gasteiger partial charge is 0.346 e. The Labute approximate surface area is 190 Å². The topological polar surface area (TPSA) is 82.9 Å². The molecule has 0 spiro atoms. The van der Waals surface area contributed by atoms with Crippen LogP contribution in [0.5, 0.6) is 0 Å². The summed E-state index contributed by atoms with van der Waals surface area (Å²) in [7, 11) is 0. The molecule has 2 fully saturated rings. The molecule has 6 rings (SSSR count). The smallest absolute Gasteiger partial charge is 0.253 e. The van der Waals surface area contributed by atoms with Crippen LogP contribution in [-0.2, 0) is 0 Å². The minimum Gasteiger partial charge on any atom is -0.346 e. The predicted octanol–water partition coefficient (Wildman–Crippen LogP) is 2.96. The second kappa shape index (κ2) is 8.08. The number of halogens is 1. The molecule has 0 aliphatic carbocycles. The van der Waals surface area contributed by atoms with Gasteiger partial charge in [-0.05, 0) is 37.1 Å². The zero-order valence-electron chi connectivity index (χ0n) is 18.0. The number of aromatic nitrogens is 5. The van der Waals surface area contributed by atoms with Crippen LogP contribution in [0.4, 0.5) is 4.39 Å². The molecule has 3 aromatic heterocycles. The molecule has 4 aromatic rings. The van der Waals surface area contributed by atoms with Crippen LogP contribution in [0.3, 0.4) is 0 Å². The number of fused-ring (bicyclic) bond motifs is 1. The zero-order chi connectivity index (χ0) is 22.4. The summed E-state index contributed by atoms with van der Waals surface area (Å²) in [4.78, 5) is 28.7. The fourth-order valence-electron chi connectivity index (χ4n) is 4.78. The molecule has 0 bridgehead atoms. The average molecular weight is 444 g/mol. The van der Waals surface area contributed by atoms with Gasteiger partial charge in [0.25, 0.3) is 5.91 Å². The summed E-state index contributed by atoms with van der Waals surface area (Å²) in [5.41, 5.74) is 3.08. The average Bonchev–Trinajstić information content (AvgIpc) is 3.48. The van der Waals surface area contributed by atoms with E-state index in [-0.39, 0.29) is 11.7 Å². The van der Waals surface area contributed by atoms with Crippen molar-refractivity contribution in [2.75, 3.05) is 26.2 Å². The number of nitrogens with zero attached hydrogens (tertiary/aromatic N) is 6. The van der Waals surface area contributed by atoms with Crippen molar-refractivity contribution in [2.24, 2.45) is 0 Å². The van der Waals surface area contributed by atoms with E-state index in [1.54, 1.807) is 18.5 Å². The first-order chi connectivity index (χ1) is 16.2. The quantitative estimate of drug-likeness (QED) is 0.523. The van der Waals surface area contributed by atoms with E-state index in [9.17, 15) is 9.18 Å². The summed E-state index contributed by atoms with van der Waals surface area (Å²) < 4.78 is 15.4. The van der Waals surface area contributed by atoms with Crippen LogP contribution in [0.25, 0.3) is 22.3 Å². The first-order valence-electron chi connectivity index (χ1n) is 11.1. The van der Waals surface area contributed by atoms with E-state index < -0.39 is 0 Å². The minimum atomic E-state index is -0.376. The summed E-state index contributed by atoms with van der Waals surface area (Å²) in [6.45, 7) is 3.12. The van der Waals surface area contributed by atoms with Crippen LogP contribution in [0.2, 0.25) is 0 Å². The van der Waals surface area contributed by atoms with E-state index >= 15 is 0 Å². The number of rotatable bonds is 4. The van der Waals surface area contributed by atoms with Gasteiger partial charge in [-0.15, -0.1) is 0 Å². The number of H-pyrrole nitrogens is 1. The highest BCUT2D eigenvalue weighted by molar-refractivity contribution is 5.94.